The first-order chi connectivity index (χ1) is 8.45. The van der Waals surface area contributed by atoms with E-state index in [2.05, 4.69) is 11.9 Å². The van der Waals surface area contributed by atoms with Crippen molar-refractivity contribution >= 4 is 0 Å². The molecule has 0 aromatic rings. The summed E-state index contributed by atoms with van der Waals surface area (Å²) in [5.41, 5.74) is -0.460. The van der Waals surface area contributed by atoms with Gasteiger partial charge in [0, 0.05) is 25.1 Å². The SMILES string of the molecule is CN1CCC(OC2=CC=C(C(F)(F)F)CC2)CC1. The quantitative estimate of drug-likeness (QED) is 0.756. The number of alkyl halides is 3. The number of rotatable bonds is 2. The molecule has 2 aliphatic rings. The lowest BCUT2D eigenvalue weighted by Gasteiger charge is -2.30. The van der Waals surface area contributed by atoms with Gasteiger partial charge in [-0.2, -0.15) is 13.2 Å². The molecular weight excluding hydrogens is 243 g/mol. The van der Waals surface area contributed by atoms with Gasteiger partial charge >= 0.3 is 6.18 Å². The minimum absolute atomic E-state index is 0.0297. The van der Waals surface area contributed by atoms with Gasteiger partial charge in [0.1, 0.15) is 6.10 Å². The third kappa shape index (κ3) is 3.51. The highest BCUT2D eigenvalue weighted by Gasteiger charge is 2.34. The molecule has 2 nitrogen and oxygen atoms in total. The fourth-order valence-electron chi connectivity index (χ4n) is 2.27. The van der Waals surface area contributed by atoms with Gasteiger partial charge in [0.05, 0.1) is 5.76 Å². The molecule has 0 aromatic heterocycles. The Kier molecular flexibility index (Phi) is 4.00. The first-order valence-electron chi connectivity index (χ1n) is 6.27. The molecule has 0 atom stereocenters. The van der Waals surface area contributed by atoms with Crippen molar-refractivity contribution < 1.29 is 17.9 Å². The van der Waals surface area contributed by atoms with E-state index in [9.17, 15) is 13.2 Å². The Hall–Kier alpha value is -0.970. The molecule has 1 aliphatic heterocycles. The largest absolute Gasteiger partial charge is 0.495 e. The van der Waals surface area contributed by atoms with Crippen molar-refractivity contribution in [1.29, 1.82) is 0 Å². The van der Waals surface area contributed by atoms with Crippen LogP contribution >= 0.6 is 0 Å². The van der Waals surface area contributed by atoms with E-state index in [-0.39, 0.29) is 12.5 Å². The molecule has 0 saturated carbocycles. The number of allylic oxidation sites excluding steroid dienone is 4. The van der Waals surface area contributed by atoms with Gasteiger partial charge in [-0.25, -0.2) is 0 Å². The number of nitrogens with zero attached hydrogens (tertiary/aromatic N) is 1. The summed E-state index contributed by atoms with van der Waals surface area (Å²) < 4.78 is 43.0. The summed E-state index contributed by atoms with van der Waals surface area (Å²) in [6.45, 7) is 1.98. The lowest BCUT2D eigenvalue weighted by atomic mass is 10.0. The lowest BCUT2D eigenvalue weighted by molar-refractivity contribution is -0.0945. The first-order valence-corrected chi connectivity index (χ1v) is 6.27. The van der Waals surface area contributed by atoms with Crippen molar-refractivity contribution in [2.24, 2.45) is 0 Å². The normalized spacial score (nSPS) is 23.6. The fourth-order valence-corrected chi connectivity index (χ4v) is 2.27. The molecule has 0 aromatic carbocycles. The molecule has 0 radical (unpaired) electrons. The summed E-state index contributed by atoms with van der Waals surface area (Å²) in [7, 11) is 2.06. The predicted molar refractivity (Wildman–Crippen MR) is 63.1 cm³/mol. The second kappa shape index (κ2) is 5.34. The Balaban J connectivity index is 1.88. The molecule has 0 N–H and O–H groups in total. The molecule has 0 amide bonds. The zero-order valence-electron chi connectivity index (χ0n) is 10.5. The van der Waals surface area contributed by atoms with Crippen molar-refractivity contribution in [3.63, 3.8) is 0 Å². The standard InChI is InChI=1S/C13H18F3NO/c1-17-8-6-12(7-9-17)18-11-4-2-10(3-5-11)13(14,15)16/h2,4,12H,3,5-9H2,1H3. The fraction of sp³-hybridized carbons (Fsp3) is 0.692. The average molecular weight is 261 g/mol. The summed E-state index contributed by atoms with van der Waals surface area (Å²) in [6.07, 6.45) is 0.870. The van der Waals surface area contributed by atoms with Crippen LogP contribution < -0.4 is 0 Å². The first kappa shape index (κ1) is 13.5. The molecule has 1 saturated heterocycles. The molecule has 1 fully saturated rings. The van der Waals surface area contributed by atoms with Crippen LogP contribution in [-0.2, 0) is 4.74 Å². The van der Waals surface area contributed by atoms with Crippen LogP contribution in [0.3, 0.4) is 0 Å². The van der Waals surface area contributed by atoms with Gasteiger partial charge in [0.2, 0.25) is 0 Å². The Morgan fingerprint density at radius 3 is 2.33 bits per heavy atom. The van der Waals surface area contributed by atoms with Crippen molar-refractivity contribution in [2.75, 3.05) is 20.1 Å². The minimum atomic E-state index is -4.20. The molecule has 0 spiro atoms. The summed E-state index contributed by atoms with van der Waals surface area (Å²) in [6, 6.07) is 0. The molecule has 1 heterocycles. The number of halogens is 3. The van der Waals surface area contributed by atoms with Crippen LogP contribution in [-0.4, -0.2) is 37.3 Å². The van der Waals surface area contributed by atoms with Crippen molar-refractivity contribution in [1.82, 2.24) is 4.90 Å². The highest BCUT2D eigenvalue weighted by Crippen LogP contribution is 2.33. The van der Waals surface area contributed by atoms with E-state index in [1.165, 1.54) is 6.08 Å². The smallest absolute Gasteiger partial charge is 0.412 e. The van der Waals surface area contributed by atoms with Crippen LogP contribution in [0.25, 0.3) is 0 Å². The average Bonchev–Trinajstić information content (AvgIpc) is 2.32. The summed E-state index contributed by atoms with van der Waals surface area (Å²) in [4.78, 5) is 2.23. The van der Waals surface area contributed by atoms with E-state index >= 15 is 0 Å². The molecule has 18 heavy (non-hydrogen) atoms. The van der Waals surface area contributed by atoms with E-state index < -0.39 is 11.7 Å². The van der Waals surface area contributed by atoms with E-state index in [0.29, 0.717) is 12.2 Å². The number of likely N-dealkylation sites (tertiary alicyclic amines) is 1. The van der Waals surface area contributed by atoms with E-state index in [0.717, 1.165) is 32.0 Å². The minimum Gasteiger partial charge on any atom is -0.495 e. The molecular formula is C13H18F3NO. The van der Waals surface area contributed by atoms with Gasteiger partial charge in [-0.1, -0.05) is 6.08 Å². The second-order valence-electron chi connectivity index (χ2n) is 4.94. The molecule has 1 aliphatic carbocycles. The van der Waals surface area contributed by atoms with Gasteiger partial charge in [-0.05, 0) is 32.4 Å². The number of piperidine rings is 1. The summed E-state index contributed by atoms with van der Waals surface area (Å²) in [5.74, 6) is 0.692. The van der Waals surface area contributed by atoms with Crippen LogP contribution in [0.5, 0.6) is 0 Å². The van der Waals surface area contributed by atoms with Gasteiger partial charge in [0.15, 0.2) is 0 Å². The molecule has 102 valence electrons. The Morgan fingerprint density at radius 1 is 1.17 bits per heavy atom. The van der Waals surface area contributed by atoms with E-state index in [4.69, 9.17) is 4.74 Å². The molecule has 2 rings (SSSR count). The monoisotopic (exact) mass is 261 g/mol. The van der Waals surface area contributed by atoms with Gasteiger partial charge < -0.3 is 9.64 Å². The number of hydrogen-bond donors (Lipinski definition) is 0. The van der Waals surface area contributed by atoms with Crippen LogP contribution in [0.15, 0.2) is 23.5 Å². The second-order valence-corrected chi connectivity index (χ2v) is 4.94. The molecule has 5 heteroatoms. The molecule has 0 unspecified atom stereocenters. The van der Waals surface area contributed by atoms with E-state index in [1.54, 1.807) is 0 Å². The third-order valence-electron chi connectivity index (χ3n) is 3.46. The van der Waals surface area contributed by atoms with Crippen molar-refractivity contribution in [2.45, 2.75) is 38.0 Å². The van der Waals surface area contributed by atoms with Crippen LogP contribution in [0, 0.1) is 0 Å². The van der Waals surface area contributed by atoms with Crippen molar-refractivity contribution in [3.05, 3.63) is 23.5 Å². The predicted octanol–water partition coefficient (Wildman–Crippen LogP) is 3.26. The highest BCUT2D eigenvalue weighted by atomic mass is 19.4. The van der Waals surface area contributed by atoms with Crippen LogP contribution in [0.1, 0.15) is 25.7 Å². The Labute approximate surface area is 105 Å². The molecule has 0 bridgehead atoms. The van der Waals surface area contributed by atoms with Crippen molar-refractivity contribution in [3.8, 4) is 0 Å². The Morgan fingerprint density at radius 2 is 1.83 bits per heavy atom. The topological polar surface area (TPSA) is 12.5 Å². The maximum absolute atomic E-state index is 12.4. The van der Waals surface area contributed by atoms with Gasteiger partial charge in [-0.15, -0.1) is 0 Å². The zero-order chi connectivity index (χ0) is 13.2. The zero-order valence-corrected chi connectivity index (χ0v) is 10.5. The lowest BCUT2D eigenvalue weighted by Crippen LogP contribution is -2.34. The summed E-state index contributed by atoms with van der Waals surface area (Å²) >= 11 is 0. The van der Waals surface area contributed by atoms with Crippen LogP contribution in [0.4, 0.5) is 13.2 Å². The third-order valence-corrected chi connectivity index (χ3v) is 3.46. The maximum Gasteiger partial charge on any atom is 0.412 e. The van der Waals surface area contributed by atoms with Gasteiger partial charge in [0.25, 0.3) is 0 Å². The maximum atomic E-state index is 12.4. The number of ether oxygens (including phenoxy) is 1. The Bertz CT molecular complexity index is 352. The highest BCUT2D eigenvalue weighted by molar-refractivity contribution is 5.24. The summed E-state index contributed by atoms with van der Waals surface area (Å²) in [5, 5.41) is 0. The van der Waals surface area contributed by atoms with Crippen LogP contribution in [0.2, 0.25) is 0 Å². The van der Waals surface area contributed by atoms with Gasteiger partial charge in [-0.3, -0.25) is 0 Å². The van der Waals surface area contributed by atoms with E-state index in [1.807, 2.05) is 0 Å². The number of hydrogen-bond acceptors (Lipinski definition) is 2.